The summed E-state index contributed by atoms with van der Waals surface area (Å²) in [5.74, 6) is 0.253. The van der Waals surface area contributed by atoms with Crippen LogP contribution >= 0.6 is 0 Å². The topological polar surface area (TPSA) is 149 Å². The molecule has 0 radical (unpaired) electrons. The van der Waals surface area contributed by atoms with Gasteiger partial charge in [0, 0.05) is 31.3 Å². The van der Waals surface area contributed by atoms with Gasteiger partial charge in [0.05, 0.1) is 18.7 Å². The van der Waals surface area contributed by atoms with E-state index in [9.17, 15) is 19.5 Å². The average Bonchev–Trinajstić information content (AvgIpc) is 3.23. The van der Waals surface area contributed by atoms with Crippen LogP contribution in [0.15, 0.2) is 52.1 Å². The van der Waals surface area contributed by atoms with Gasteiger partial charge >= 0.3 is 0 Å². The summed E-state index contributed by atoms with van der Waals surface area (Å²) in [7, 11) is 3.42. The number of aromatic hydroxyl groups is 1. The third-order valence-electron chi connectivity index (χ3n) is 5.47. The number of amides is 1. The fraction of sp³-hybridized carbons (Fsp3) is 0.250. The van der Waals surface area contributed by atoms with Crippen molar-refractivity contribution in [2.24, 2.45) is 0 Å². The Balaban J connectivity index is 1.47. The van der Waals surface area contributed by atoms with Crippen molar-refractivity contribution in [2.45, 2.75) is 6.54 Å². The second-order valence-corrected chi connectivity index (χ2v) is 8.17. The first kappa shape index (κ1) is 23.9. The highest BCUT2D eigenvalue weighted by Gasteiger charge is 2.21. The van der Waals surface area contributed by atoms with Crippen LogP contribution in [0.1, 0.15) is 5.56 Å². The molecule has 0 unspecified atom stereocenters. The largest absolute Gasteiger partial charge is 0.508 e. The lowest BCUT2D eigenvalue weighted by Gasteiger charge is -2.16. The van der Waals surface area contributed by atoms with E-state index in [1.807, 2.05) is 11.9 Å². The molecule has 5 N–H and O–H groups in total. The molecule has 11 nitrogen and oxygen atoms in total. The molecule has 0 fully saturated rings. The fourth-order valence-corrected chi connectivity index (χ4v) is 3.61. The van der Waals surface area contributed by atoms with Crippen LogP contribution in [0.3, 0.4) is 0 Å². The maximum Gasteiger partial charge on any atom is 0.253 e. The SMILES string of the molecule is COCCN(C)CC(=O)Nc1n[nH]c2ccc(Nc3c(NCc4cccc(O)c4)c(=O)c3=O)cc12. The summed E-state index contributed by atoms with van der Waals surface area (Å²) in [5.41, 5.74) is 1.12. The Bertz CT molecular complexity index is 1420. The lowest BCUT2D eigenvalue weighted by atomic mass is 10.1. The monoisotopic (exact) mass is 478 g/mol. The van der Waals surface area contributed by atoms with Crippen LogP contribution in [0.25, 0.3) is 10.9 Å². The number of H-pyrrole nitrogens is 1. The number of anilines is 4. The van der Waals surface area contributed by atoms with Crippen LogP contribution in [0.2, 0.25) is 0 Å². The van der Waals surface area contributed by atoms with Crippen molar-refractivity contribution < 1.29 is 14.6 Å². The van der Waals surface area contributed by atoms with Crippen LogP contribution in [0.4, 0.5) is 22.9 Å². The zero-order valence-corrected chi connectivity index (χ0v) is 19.3. The van der Waals surface area contributed by atoms with Gasteiger partial charge in [-0.25, -0.2) is 0 Å². The molecule has 4 rings (SSSR count). The summed E-state index contributed by atoms with van der Waals surface area (Å²) in [4.78, 5) is 38.6. The smallest absolute Gasteiger partial charge is 0.253 e. The standard InChI is InChI=1S/C24H26N6O5/c1-30(8-9-35-2)13-19(32)27-24-17-11-15(6-7-18(17)28-29-24)26-21-20(22(33)23(21)34)25-12-14-4-3-5-16(31)10-14/h3-7,10-11,25-26,31H,8-9,12-13H2,1-2H3,(H2,27,28,29,32). The number of ether oxygens (including phenoxy) is 1. The number of methoxy groups -OCH3 is 1. The number of hydrogen-bond donors (Lipinski definition) is 5. The molecule has 1 amide bonds. The molecule has 4 aromatic rings. The summed E-state index contributed by atoms with van der Waals surface area (Å²) in [6.07, 6.45) is 0. The van der Waals surface area contributed by atoms with Gasteiger partial charge in [0.1, 0.15) is 17.1 Å². The van der Waals surface area contributed by atoms with Crippen molar-refractivity contribution in [2.75, 3.05) is 49.8 Å². The van der Waals surface area contributed by atoms with E-state index < -0.39 is 10.9 Å². The Kier molecular flexibility index (Phi) is 7.09. The fourth-order valence-electron chi connectivity index (χ4n) is 3.61. The molecule has 1 heterocycles. The summed E-state index contributed by atoms with van der Waals surface area (Å²) in [6.45, 7) is 1.58. The highest BCUT2D eigenvalue weighted by Crippen LogP contribution is 2.27. The van der Waals surface area contributed by atoms with E-state index in [2.05, 4.69) is 26.1 Å². The molecule has 1 aromatic heterocycles. The summed E-state index contributed by atoms with van der Waals surface area (Å²) in [6, 6.07) is 11.8. The van der Waals surface area contributed by atoms with Gasteiger partial charge in [-0.2, -0.15) is 5.10 Å². The molecule has 0 aliphatic rings. The van der Waals surface area contributed by atoms with Gasteiger partial charge in [0.2, 0.25) is 5.91 Å². The van der Waals surface area contributed by atoms with Gasteiger partial charge in [-0.3, -0.25) is 24.4 Å². The zero-order valence-electron chi connectivity index (χ0n) is 19.3. The minimum atomic E-state index is -0.622. The quantitative estimate of drug-likeness (QED) is 0.203. The molecule has 0 saturated carbocycles. The van der Waals surface area contributed by atoms with Crippen LogP contribution in [-0.4, -0.2) is 60.0 Å². The number of phenolic OH excluding ortho intramolecular Hbond substituents is 1. The van der Waals surface area contributed by atoms with E-state index in [-0.39, 0.29) is 36.1 Å². The average molecular weight is 479 g/mol. The van der Waals surface area contributed by atoms with Crippen molar-refractivity contribution in [1.29, 1.82) is 0 Å². The second kappa shape index (κ2) is 10.4. The lowest BCUT2D eigenvalue weighted by Crippen LogP contribution is -2.36. The molecule has 0 aliphatic heterocycles. The molecule has 0 spiro atoms. The van der Waals surface area contributed by atoms with Gasteiger partial charge in [0.15, 0.2) is 5.82 Å². The van der Waals surface area contributed by atoms with Crippen LogP contribution in [0.5, 0.6) is 5.75 Å². The predicted octanol–water partition coefficient (Wildman–Crippen LogP) is 1.74. The van der Waals surface area contributed by atoms with Crippen LogP contribution in [-0.2, 0) is 16.1 Å². The van der Waals surface area contributed by atoms with Gasteiger partial charge in [-0.05, 0) is 42.9 Å². The summed E-state index contributed by atoms with van der Waals surface area (Å²) >= 11 is 0. The third-order valence-corrected chi connectivity index (χ3v) is 5.47. The maximum absolute atomic E-state index is 12.4. The van der Waals surface area contributed by atoms with Gasteiger partial charge < -0.3 is 25.8 Å². The molecule has 0 atom stereocenters. The molecular formula is C24H26N6O5. The Morgan fingerprint density at radius 2 is 1.94 bits per heavy atom. The van der Waals surface area contributed by atoms with Crippen molar-refractivity contribution in [3.8, 4) is 5.75 Å². The number of aromatic nitrogens is 2. The Morgan fingerprint density at radius 1 is 1.14 bits per heavy atom. The maximum atomic E-state index is 12.4. The number of phenols is 1. The van der Waals surface area contributed by atoms with Gasteiger partial charge in [0.25, 0.3) is 10.9 Å². The summed E-state index contributed by atoms with van der Waals surface area (Å²) < 4.78 is 5.02. The first-order valence-corrected chi connectivity index (χ1v) is 10.9. The van der Waals surface area contributed by atoms with Gasteiger partial charge in [-0.1, -0.05) is 12.1 Å². The van der Waals surface area contributed by atoms with Crippen molar-refractivity contribution in [3.05, 3.63) is 68.5 Å². The normalized spacial score (nSPS) is 11.3. The highest BCUT2D eigenvalue weighted by molar-refractivity contribution is 6.01. The highest BCUT2D eigenvalue weighted by atomic mass is 16.5. The number of carbonyl (C=O) groups excluding carboxylic acids is 1. The minimum absolute atomic E-state index is 0.116. The molecule has 3 aromatic carbocycles. The molecular weight excluding hydrogens is 452 g/mol. The van der Waals surface area contributed by atoms with E-state index >= 15 is 0 Å². The number of benzene rings is 2. The number of carbonyl (C=O) groups is 1. The first-order chi connectivity index (χ1) is 16.9. The predicted molar refractivity (Wildman–Crippen MR) is 134 cm³/mol. The second-order valence-electron chi connectivity index (χ2n) is 8.17. The van der Waals surface area contributed by atoms with Gasteiger partial charge in [-0.15, -0.1) is 0 Å². The Labute approximate surface area is 200 Å². The third kappa shape index (κ3) is 5.48. The number of nitrogens with one attached hydrogen (secondary N) is 4. The van der Waals surface area contributed by atoms with E-state index in [0.717, 1.165) is 5.56 Å². The number of likely N-dealkylation sites (N-methyl/N-ethyl adjacent to an activating group) is 1. The van der Waals surface area contributed by atoms with E-state index in [0.29, 0.717) is 35.6 Å². The van der Waals surface area contributed by atoms with E-state index in [4.69, 9.17) is 4.74 Å². The van der Waals surface area contributed by atoms with Crippen LogP contribution in [0, 0.1) is 0 Å². The molecule has 0 aliphatic carbocycles. The minimum Gasteiger partial charge on any atom is -0.508 e. The number of hydrogen-bond acceptors (Lipinski definition) is 9. The number of fused-ring (bicyclic) bond motifs is 1. The molecule has 11 heteroatoms. The van der Waals surface area contributed by atoms with E-state index in [1.54, 1.807) is 49.6 Å². The van der Waals surface area contributed by atoms with Crippen molar-refractivity contribution >= 4 is 39.7 Å². The molecule has 182 valence electrons. The Morgan fingerprint density at radius 3 is 2.71 bits per heavy atom. The number of aromatic amines is 1. The summed E-state index contributed by atoms with van der Waals surface area (Å²) in [5, 5.41) is 26.0. The molecule has 0 bridgehead atoms. The van der Waals surface area contributed by atoms with E-state index in [1.165, 1.54) is 0 Å². The zero-order chi connectivity index (χ0) is 24.9. The molecule has 0 saturated heterocycles. The number of rotatable bonds is 11. The number of nitrogens with zero attached hydrogens (tertiary/aromatic N) is 2. The Hall–Kier alpha value is -4.22. The lowest BCUT2D eigenvalue weighted by molar-refractivity contribution is -0.117. The van der Waals surface area contributed by atoms with Crippen molar-refractivity contribution in [3.63, 3.8) is 0 Å². The van der Waals surface area contributed by atoms with Crippen LogP contribution < -0.4 is 26.8 Å². The molecule has 35 heavy (non-hydrogen) atoms. The van der Waals surface area contributed by atoms with Crippen molar-refractivity contribution in [1.82, 2.24) is 15.1 Å². The first-order valence-electron chi connectivity index (χ1n) is 10.9.